The Labute approximate surface area is 129 Å². The Morgan fingerprint density at radius 1 is 1.29 bits per heavy atom. The topological polar surface area (TPSA) is 32.3 Å². The van der Waals surface area contributed by atoms with E-state index in [1.807, 2.05) is 4.90 Å². The van der Waals surface area contributed by atoms with Gasteiger partial charge in [-0.05, 0) is 50.8 Å². The first kappa shape index (κ1) is 14.8. The first-order valence-electron chi connectivity index (χ1n) is 7.67. The van der Waals surface area contributed by atoms with E-state index in [1.54, 1.807) is 6.07 Å². The summed E-state index contributed by atoms with van der Waals surface area (Å²) in [5, 5.41) is 3.48. The second kappa shape index (κ2) is 6.32. The minimum Gasteiger partial charge on any atom is -0.334 e. The number of nitrogens with one attached hydrogen (secondary N) is 1. The average molecular weight is 311 g/mol. The van der Waals surface area contributed by atoms with Crippen molar-refractivity contribution in [2.24, 2.45) is 0 Å². The maximum absolute atomic E-state index is 14.1. The van der Waals surface area contributed by atoms with Gasteiger partial charge < -0.3 is 10.2 Å². The molecule has 0 bridgehead atoms. The molecule has 0 spiro atoms. The molecule has 2 heterocycles. The number of hydrogen-bond acceptors (Lipinski definition) is 2. The normalized spacial score (nSPS) is 26.1. The van der Waals surface area contributed by atoms with Crippen molar-refractivity contribution >= 4 is 17.5 Å². The Bertz CT molecular complexity index is 531. The van der Waals surface area contributed by atoms with Gasteiger partial charge in [-0.1, -0.05) is 17.7 Å². The highest BCUT2D eigenvalue weighted by atomic mass is 35.5. The Morgan fingerprint density at radius 3 is 2.90 bits per heavy atom. The number of carbonyl (C=O) groups excluding carboxylic acids is 1. The van der Waals surface area contributed by atoms with Gasteiger partial charge in [-0.15, -0.1) is 0 Å². The maximum Gasteiger partial charge on any atom is 0.257 e. The third-order valence-electron chi connectivity index (χ3n) is 4.55. The molecule has 3 rings (SSSR count). The molecule has 2 aliphatic rings. The minimum atomic E-state index is -0.604. The molecule has 1 N–H and O–H groups in total. The predicted molar refractivity (Wildman–Crippen MR) is 81.1 cm³/mol. The molecule has 2 atom stereocenters. The van der Waals surface area contributed by atoms with Crippen molar-refractivity contribution in [2.45, 2.75) is 44.2 Å². The van der Waals surface area contributed by atoms with Gasteiger partial charge in [-0.25, -0.2) is 4.39 Å². The van der Waals surface area contributed by atoms with Crippen molar-refractivity contribution in [1.82, 2.24) is 10.2 Å². The average Bonchev–Trinajstić information content (AvgIpc) is 3.03. The summed E-state index contributed by atoms with van der Waals surface area (Å²) in [7, 11) is 0. The van der Waals surface area contributed by atoms with E-state index >= 15 is 0 Å². The molecule has 2 saturated heterocycles. The van der Waals surface area contributed by atoms with Gasteiger partial charge >= 0.3 is 0 Å². The van der Waals surface area contributed by atoms with Crippen LogP contribution in [0.3, 0.4) is 0 Å². The summed E-state index contributed by atoms with van der Waals surface area (Å²) < 4.78 is 14.1. The highest BCUT2D eigenvalue weighted by Crippen LogP contribution is 2.27. The van der Waals surface area contributed by atoms with Crippen LogP contribution < -0.4 is 5.32 Å². The molecule has 2 unspecified atom stereocenters. The molecule has 0 radical (unpaired) electrons. The Hall–Kier alpha value is -1.13. The molecule has 3 nitrogen and oxygen atoms in total. The van der Waals surface area contributed by atoms with E-state index in [-0.39, 0.29) is 22.5 Å². The number of amides is 1. The smallest absolute Gasteiger partial charge is 0.257 e. The largest absolute Gasteiger partial charge is 0.334 e. The van der Waals surface area contributed by atoms with Crippen molar-refractivity contribution in [3.63, 3.8) is 0 Å². The van der Waals surface area contributed by atoms with Crippen LogP contribution in [0.1, 0.15) is 42.5 Å². The summed E-state index contributed by atoms with van der Waals surface area (Å²) in [6.07, 6.45) is 5.34. The molecule has 0 aliphatic carbocycles. The maximum atomic E-state index is 14.1. The van der Waals surface area contributed by atoms with Gasteiger partial charge in [0.05, 0.1) is 10.6 Å². The van der Waals surface area contributed by atoms with E-state index in [9.17, 15) is 9.18 Å². The van der Waals surface area contributed by atoms with E-state index in [0.717, 1.165) is 38.6 Å². The number of halogens is 2. The molecule has 21 heavy (non-hydrogen) atoms. The highest BCUT2D eigenvalue weighted by molar-refractivity contribution is 6.31. The molecule has 0 aromatic heterocycles. The van der Waals surface area contributed by atoms with Crippen LogP contribution >= 0.6 is 11.6 Å². The van der Waals surface area contributed by atoms with E-state index in [2.05, 4.69) is 5.32 Å². The second-order valence-corrected chi connectivity index (χ2v) is 6.27. The fraction of sp³-hybridized carbons (Fsp3) is 0.562. The number of piperidine rings is 1. The Kier molecular flexibility index (Phi) is 4.45. The van der Waals surface area contributed by atoms with E-state index in [0.29, 0.717) is 12.6 Å². The van der Waals surface area contributed by atoms with Crippen molar-refractivity contribution in [3.8, 4) is 0 Å². The molecule has 114 valence electrons. The first-order chi connectivity index (χ1) is 10.2. The van der Waals surface area contributed by atoms with Gasteiger partial charge in [0.1, 0.15) is 0 Å². The minimum absolute atomic E-state index is 0.00778. The predicted octanol–water partition coefficient (Wildman–Crippen LogP) is 3.23. The quantitative estimate of drug-likeness (QED) is 0.909. The third-order valence-corrected chi connectivity index (χ3v) is 4.85. The monoisotopic (exact) mass is 310 g/mol. The first-order valence-corrected chi connectivity index (χ1v) is 8.04. The lowest BCUT2D eigenvalue weighted by molar-refractivity contribution is 0.0559. The molecule has 0 saturated carbocycles. The van der Waals surface area contributed by atoms with Gasteiger partial charge in [-0.3, -0.25) is 4.79 Å². The molecule has 2 fully saturated rings. The van der Waals surface area contributed by atoms with Gasteiger partial charge in [-0.2, -0.15) is 0 Å². The summed E-state index contributed by atoms with van der Waals surface area (Å²) in [4.78, 5) is 14.6. The molecular formula is C16H20ClFN2O. The Morgan fingerprint density at radius 2 is 2.14 bits per heavy atom. The summed E-state index contributed by atoms with van der Waals surface area (Å²) in [5.74, 6) is -0.832. The van der Waals surface area contributed by atoms with Crippen LogP contribution in [0.4, 0.5) is 4.39 Å². The van der Waals surface area contributed by atoms with Crippen LogP contribution in [0.15, 0.2) is 18.2 Å². The van der Waals surface area contributed by atoms with E-state index in [4.69, 9.17) is 11.6 Å². The number of carbonyl (C=O) groups is 1. The molecule has 1 aromatic carbocycles. The summed E-state index contributed by atoms with van der Waals surface area (Å²) in [6, 6.07) is 5.14. The number of hydrogen-bond donors (Lipinski definition) is 1. The summed E-state index contributed by atoms with van der Waals surface area (Å²) in [6.45, 7) is 1.71. The van der Waals surface area contributed by atoms with Crippen molar-refractivity contribution in [2.75, 3.05) is 13.1 Å². The number of rotatable bonds is 2. The van der Waals surface area contributed by atoms with Crippen LogP contribution in [0.2, 0.25) is 5.02 Å². The lowest BCUT2D eigenvalue weighted by Crippen LogP contribution is -2.52. The zero-order valence-corrected chi connectivity index (χ0v) is 12.7. The zero-order valence-electron chi connectivity index (χ0n) is 11.9. The number of nitrogens with zero attached hydrogens (tertiary/aromatic N) is 1. The summed E-state index contributed by atoms with van der Waals surface area (Å²) in [5.41, 5.74) is 0.0902. The highest BCUT2D eigenvalue weighted by Gasteiger charge is 2.35. The van der Waals surface area contributed by atoms with Gasteiger partial charge in [0.15, 0.2) is 5.82 Å². The fourth-order valence-electron chi connectivity index (χ4n) is 3.49. The van der Waals surface area contributed by atoms with Gasteiger partial charge in [0.25, 0.3) is 5.91 Å². The van der Waals surface area contributed by atoms with Crippen LogP contribution in [0.5, 0.6) is 0 Å². The third kappa shape index (κ3) is 2.92. The van der Waals surface area contributed by atoms with E-state index in [1.165, 1.54) is 12.1 Å². The van der Waals surface area contributed by atoms with Crippen LogP contribution in [0.25, 0.3) is 0 Å². The number of benzene rings is 1. The lowest BCUT2D eigenvalue weighted by atomic mass is 9.93. The van der Waals surface area contributed by atoms with Crippen LogP contribution in [0, 0.1) is 5.82 Å². The molecule has 5 heteroatoms. The van der Waals surface area contributed by atoms with Gasteiger partial charge in [0, 0.05) is 18.6 Å². The van der Waals surface area contributed by atoms with Crippen LogP contribution in [-0.4, -0.2) is 36.0 Å². The standard InChI is InChI=1S/C16H20ClFN2O/c17-12-6-3-5-11(15(12)18)16(21)20-10-2-1-8-14(20)13-7-4-9-19-13/h3,5-6,13-14,19H,1-2,4,7-10H2. The summed E-state index contributed by atoms with van der Waals surface area (Å²) >= 11 is 5.80. The van der Waals surface area contributed by atoms with E-state index < -0.39 is 5.82 Å². The lowest BCUT2D eigenvalue weighted by Gasteiger charge is -2.39. The molecular weight excluding hydrogens is 291 g/mol. The van der Waals surface area contributed by atoms with Crippen molar-refractivity contribution in [3.05, 3.63) is 34.6 Å². The van der Waals surface area contributed by atoms with Crippen molar-refractivity contribution in [1.29, 1.82) is 0 Å². The molecule has 1 aromatic rings. The Balaban J connectivity index is 1.85. The zero-order chi connectivity index (χ0) is 14.8. The fourth-order valence-corrected chi connectivity index (χ4v) is 3.67. The second-order valence-electron chi connectivity index (χ2n) is 5.87. The SMILES string of the molecule is O=C(c1cccc(Cl)c1F)N1CCCCC1C1CCCN1. The molecule has 2 aliphatic heterocycles. The molecule has 1 amide bonds. The van der Waals surface area contributed by atoms with Crippen molar-refractivity contribution < 1.29 is 9.18 Å². The van der Waals surface area contributed by atoms with Crippen LogP contribution in [-0.2, 0) is 0 Å². The van der Waals surface area contributed by atoms with Gasteiger partial charge in [0.2, 0.25) is 0 Å². The number of likely N-dealkylation sites (tertiary alicyclic amines) is 1.